The van der Waals surface area contributed by atoms with Gasteiger partial charge in [0.25, 0.3) is 0 Å². The molecule has 1 N–H and O–H groups in total. The molecule has 0 aliphatic heterocycles. The standard InChI is InChI=1S/C25H24N4O/c1-2-7-24(30)19-11-13-22(14-12-19)27-17-21-18-29(23-9-4-3-5-10-23)28-25(21)20-8-6-15-26-16-20/h3-6,8-16,18,27H,2,7,17H2,1H3. The Morgan fingerprint density at radius 2 is 1.80 bits per heavy atom. The molecule has 0 bridgehead atoms. The SMILES string of the molecule is CCCC(=O)c1ccc(NCc2cn(-c3ccccc3)nc2-c2cccnc2)cc1. The van der Waals surface area contributed by atoms with E-state index in [0.717, 1.165) is 40.2 Å². The van der Waals surface area contributed by atoms with Gasteiger partial charge in [0.15, 0.2) is 5.78 Å². The summed E-state index contributed by atoms with van der Waals surface area (Å²) in [6, 6.07) is 21.7. The number of ketones is 1. The highest BCUT2D eigenvalue weighted by Crippen LogP contribution is 2.24. The van der Waals surface area contributed by atoms with Crippen molar-refractivity contribution in [1.82, 2.24) is 14.8 Å². The van der Waals surface area contributed by atoms with Crippen LogP contribution in [0, 0.1) is 0 Å². The lowest BCUT2D eigenvalue weighted by molar-refractivity contribution is 0.0982. The molecule has 0 fully saturated rings. The second-order valence-corrected chi connectivity index (χ2v) is 7.13. The van der Waals surface area contributed by atoms with Gasteiger partial charge in [0.1, 0.15) is 0 Å². The molecule has 150 valence electrons. The van der Waals surface area contributed by atoms with E-state index >= 15 is 0 Å². The zero-order valence-corrected chi connectivity index (χ0v) is 17.0. The van der Waals surface area contributed by atoms with Crippen LogP contribution >= 0.6 is 0 Å². The van der Waals surface area contributed by atoms with Gasteiger partial charge in [-0.15, -0.1) is 0 Å². The first kappa shape index (κ1) is 19.6. The van der Waals surface area contributed by atoms with Crippen LogP contribution < -0.4 is 5.32 Å². The lowest BCUT2D eigenvalue weighted by Crippen LogP contribution is -2.02. The van der Waals surface area contributed by atoms with Crippen LogP contribution in [0.2, 0.25) is 0 Å². The summed E-state index contributed by atoms with van der Waals surface area (Å²) in [5, 5.41) is 8.26. The van der Waals surface area contributed by atoms with Gasteiger partial charge >= 0.3 is 0 Å². The van der Waals surface area contributed by atoms with Crippen molar-refractivity contribution < 1.29 is 4.79 Å². The summed E-state index contributed by atoms with van der Waals surface area (Å²) in [5.41, 5.74) is 5.67. The van der Waals surface area contributed by atoms with Gasteiger partial charge in [0.2, 0.25) is 0 Å². The second-order valence-electron chi connectivity index (χ2n) is 7.13. The fourth-order valence-corrected chi connectivity index (χ4v) is 3.34. The van der Waals surface area contributed by atoms with Gasteiger partial charge in [-0.3, -0.25) is 9.78 Å². The minimum Gasteiger partial charge on any atom is -0.381 e. The summed E-state index contributed by atoms with van der Waals surface area (Å²) in [5.74, 6) is 0.187. The summed E-state index contributed by atoms with van der Waals surface area (Å²) >= 11 is 0. The summed E-state index contributed by atoms with van der Waals surface area (Å²) in [6.07, 6.45) is 7.08. The summed E-state index contributed by atoms with van der Waals surface area (Å²) in [6.45, 7) is 2.63. The van der Waals surface area contributed by atoms with Crippen LogP contribution in [0.4, 0.5) is 5.69 Å². The summed E-state index contributed by atoms with van der Waals surface area (Å²) < 4.78 is 1.89. The molecule has 2 aromatic heterocycles. The zero-order chi connectivity index (χ0) is 20.8. The highest BCUT2D eigenvalue weighted by Gasteiger charge is 2.13. The molecule has 0 aliphatic carbocycles. The molecule has 0 amide bonds. The van der Waals surface area contributed by atoms with Crippen LogP contribution in [-0.4, -0.2) is 20.5 Å². The minimum absolute atomic E-state index is 0.187. The zero-order valence-electron chi connectivity index (χ0n) is 17.0. The van der Waals surface area contributed by atoms with E-state index < -0.39 is 0 Å². The first-order valence-electron chi connectivity index (χ1n) is 10.2. The molecular weight excluding hydrogens is 372 g/mol. The molecule has 0 atom stereocenters. The van der Waals surface area contributed by atoms with Crippen molar-refractivity contribution in [2.24, 2.45) is 0 Å². The molecule has 0 saturated heterocycles. The average molecular weight is 396 g/mol. The molecule has 0 radical (unpaired) electrons. The number of nitrogens with zero attached hydrogens (tertiary/aromatic N) is 3. The number of nitrogens with one attached hydrogen (secondary N) is 1. The Kier molecular flexibility index (Phi) is 5.99. The summed E-state index contributed by atoms with van der Waals surface area (Å²) in [7, 11) is 0. The number of benzene rings is 2. The van der Waals surface area contributed by atoms with Gasteiger partial charge in [0.05, 0.1) is 11.4 Å². The van der Waals surface area contributed by atoms with Gasteiger partial charge in [-0.05, 0) is 55.0 Å². The van der Waals surface area contributed by atoms with Crippen molar-refractivity contribution in [2.45, 2.75) is 26.3 Å². The molecule has 5 nitrogen and oxygen atoms in total. The third kappa shape index (κ3) is 4.46. The number of carbonyl (C=O) groups excluding carboxylic acids is 1. The lowest BCUT2D eigenvalue weighted by Gasteiger charge is -2.07. The summed E-state index contributed by atoms with van der Waals surface area (Å²) in [4.78, 5) is 16.3. The maximum atomic E-state index is 12.0. The number of Topliss-reactive ketones (excluding diaryl/α,β-unsaturated/α-hetero) is 1. The molecule has 2 heterocycles. The maximum absolute atomic E-state index is 12.0. The molecule has 0 spiro atoms. The van der Waals surface area contributed by atoms with E-state index in [2.05, 4.69) is 10.3 Å². The smallest absolute Gasteiger partial charge is 0.162 e. The number of hydrogen-bond acceptors (Lipinski definition) is 4. The monoisotopic (exact) mass is 396 g/mol. The molecule has 0 unspecified atom stereocenters. The predicted octanol–water partition coefficient (Wildman–Crippen LogP) is 5.53. The quantitative estimate of drug-likeness (QED) is 0.398. The molecular formula is C25H24N4O. The van der Waals surface area contributed by atoms with Gasteiger partial charge in [-0.1, -0.05) is 25.1 Å². The van der Waals surface area contributed by atoms with Crippen molar-refractivity contribution in [2.75, 3.05) is 5.32 Å². The third-order valence-electron chi connectivity index (χ3n) is 4.91. The van der Waals surface area contributed by atoms with Crippen LogP contribution in [0.5, 0.6) is 0 Å². The van der Waals surface area contributed by atoms with E-state index in [4.69, 9.17) is 5.10 Å². The van der Waals surface area contributed by atoms with Gasteiger partial charge in [-0.2, -0.15) is 5.10 Å². The topological polar surface area (TPSA) is 59.8 Å². The molecule has 5 heteroatoms. The van der Waals surface area contributed by atoms with Gasteiger partial charge in [-0.25, -0.2) is 4.68 Å². The average Bonchev–Trinajstić information content (AvgIpc) is 3.24. The Morgan fingerprint density at radius 1 is 1.00 bits per heavy atom. The van der Waals surface area contributed by atoms with Crippen LogP contribution in [-0.2, 0) is 6.54 Å². The first-order chi connectivity index (χ1) is 14.7. The van der Waals surface area contributed by atoms with E-state index in [1.165, 1.54) is 0 Å². The maximum Gasteiger partial charge on any atom is 0.162 e. The first-order valence-corrected chi connectivity index (χ1v) is 10.2. The second kappa shape index (κ2) is 9.18. The van der Waals surface area contributed by atoms with Gasteiger partial charge < -0.3 is 5.32 Å². The lowest BCUT2D eigenvalue weighted by atomic mass is 10.1. The molecule has 4 aromatic rings. The van der Waals surface area contributed by atoms with Crippen LogP contribution in [0.15, 0.2) is 85.3 Å². The third-order valence-corrected chi connectivity index (χ3v) is 4.91. The van der Waals surface area contributed by atoms with Crippen molar-refractivity contribution in [3.63, 3.8) is 0 Å². The number of pyridine rings is 1. The normalized spacial score (nSPS) is 10.7. The number of aromatic nitrogens is 3. The Labute approximate surface area is 176 Å². The van der Waals surface area contributed by atoms with E-state index in [0.29, 0.717) is 13.0 Å². The van der Waals surface area contributed by atoms with Crippen molar-refractivity contribution >= 4 is 11.5 Å². The molecule has 2 aromatic carbocycles. The van der Waals surface area contributed by atoms with Crippen LogP contribution in [0.3, 0.4) is 0 Å². The number of rotatable bonds is 8. The number of hydrogen-bond donors (Lipinski definition) is 1. The van der Waals surface area contributed by atoms with E-state index in [9.17, 15) is 4.79 Å². The highest BCUT2D eigenvalue weighted by atomic mass is 16.1. The molecule has 0 saturated carbocycles. The predicted molar refractivity (Wildman–Crippen MR) is 120 cm³/mol. The number of para-hydroxylation sites is 1. The Bertz CT molecular complexity index is 1100. The van der Waals surface area contributed by atoms with E-state index in [1.54, 1.807) is 6.20 Å². The van der Waals surface area contributed by atoms with Gasteiger partial charge in [0, 0.05) is 53.9 Å². The Morgan fingerprint density at radius 3 is 2.50 bits per heavy atom. The van der Waals surface area contributed by atoms with E-state index in [-0.39, 0.29) is 5.78 Å². The van der Waals surface area contributed by atoms with Crippen molar-refractivity contribution in [3.05, 3.63) is 96.4 Å². The minimum atomic E-state index is 0.187. The fourth-order valence-electron chi connectivity index (χ4n) is 3.34. The largest absolute Gasteiger partial charge is 0.381 e. The van der Waals surface area contributed by atoms with Crippen LogP contribution in [0.25, 0.3) is 16.9 Å². The van der Waals surface area contributed by atoms with E-state index in [1.807, 2.05) is 90.7 Å². The van der Waals surface area contributed by atoms with Crippen molar-refractivity contribution in [3.8, 4) is 16.9 Å². The fraction of sp³-hybridized carbons (Fsp3) is 0.160. The Hall–Kier alpha value is -3.73. The van der Waals surface area contributed by atoms with Crippen LogP contribution in [0.1, 0.15) is 35.7 Å². The number of carbonyl (C=O) groups is 1. The number of anilines is 1. The molecule has 30 heavy (non-hydrogen) atoms. The molecule has 0 aliphatic rings. The highest BCUT2D eigenvalue weighted by molar-refractivity contribution is 5.96. The Balaban J connectivity index is 1.57. The van der Waals surface area contributed by atoms with Crippen molar-refractivity contribution in [1.29, 1.82) is 0 Å². The molecule has 4 rings (SSSR count).